The van der Waals surface area contributed by atoms with Gasteiger partial charge in [-0.15, -0.1) is 0 Å². The van der Waals surface area contributed by atoms with Crippen LogP contribution >= 0.6 is 11.8 Å². The van der Waals surface area contributed by atoms with Crippen LogP contribution in [0.4, 0.5) is 17.6 Å². The Bertz CT molecular complexity index is 647. The number of thioether (sulfide) groups is 1. The van der Waals surface area contributed by atoms with Gasteiger partial charge in [0.15, 0.2) is 5.03 Å². The molecule has 0 spiro atoms. The Labute approximate surface area is 148 Å². The maximum absolute atomic E-state index is 13.1. The summed E-state index contributed by atoms with van der Waals surface area (Å²) in [6.45, 7) is 2.80. The SMILES string of the molecule is O=CN1CCN(c2nc(N[N+](=O)[O-])cc([N+]3([O-])CCSCC3)n2)CC1. The van der Waals surface area contributed by atoms with Crippen LogP contribution in [0.2, 0.25) is 0 Å². The van der Waals surface area contributed by atoms with Gasteiger partial charge in [0.05, 0.1) is 19.2 Å². The Morgan fingerprint density at radius 1 is 1.24 bits per heavy atom. The molecule has 0 atom stereocenters. The highest BCUT2D eigenvalue weighted by Crippen LogP contribution is 2.29. The van der Waals surface area contributed by atoms with Crippen LogP contribution in [0.25, 0.3) is 0 Å². The highest BCUT2D eigenvalue weighted by atomic mass is 32.2. The van der Waals surface area contributed by atoms with E-state index in [1.807, 2.05) is 10.3 Å². The van der Waals surface area contributed by atoms with Crippen molar-refractivity contribution in [3.63, 3.8) is 0 Å². The van der Waals surface area contributed by atoms with E-state index in [2.05, 4.69) is 9.97 Å². The molecule has 0 aromatic carbocycles. The monoisotopic (exact) mass is 369 g/mol. The van der Waals surface area contributed by atoms with Crippen molar-refractivity contribution >= 4 is 35.8 Å². The average Bonchev–Trinajstić information content (AvgIpc) is 2.61. The molecule has 2 fully saturated rings. The fraction of sp³-hybridized carbons (Fsp3) is 0.615. The van der Waals surface area contributed by atoms with Crippen LogP contribution in [0.3, 0.4) is 0 Å². The van der Waals surface area contributed by atoms with Gasteiger partial charge in [-0.2, -0.15) is 21.7 Å². The molecule has 1 aromatic rings. The van der Waals surface area contributed by atoms with Crippen LogP contribution in [0.5, 0.6) is 0 Å². The molecule has 0 radical (unpaired) electrons. The Kier molecular flexibility index (Phi) is 5.20. The van der Waals surface area contributed by atoms with Gasteiger partial charge in [0, 0.05) is 37.7 Å². The summed E-state index contributed by atoms with van der Waals surface area (Å²) in [4.78, 5) is 33.7. The summed E-state index contributed by atoms with van der Waals surface area (Å²) in [5.41, 5.74) is 2.02. The number of anilines is 2. The number of rotatable bonds is 5. The van der Waals surface area contributed by atoms with Gasteiger partial charge in [-0.05, 0) is 0 Å². The number of amides is 1. The maximum Gasteiger partial charge on any atom is 0.234 e. The van der Waals surface area contributed by atoms with Crippen molar-refractivity contribution in [1.82, 2.24) is 19.5 Å². The lowest BCUT2D eigenvalue weighted by molar-refractivity contribution is -0.445. The molecule has 11 nitrogen and oxygen atoms in total. The van der Waals surface area contributed by atoms with Crippen molar-refractivity contribution in [2.75, 3.05) is 61.1 Å². The van der Waals surface area contributed by atoms with Crippen molar-refractivity contribution in [1.29, 1.82) is 0 Å². The van der Waals surface area contributed by atoms with Gasteiger partial charge in [0.1, 0.15) is 0 Å². The van der Waals surface area contributed by atoms with Gasteiger partial charge < -0.3 is 19.7 Å². The molecule has 25 heavy (non-hydrogen) atoms. The number of piperazine rings is 1. The van der Waals surface area contributed by atoms with E-state index in [0.717, 1.165) is 17.9 Å². The number of hydrogen-bond acceptors (Lipinski definition) is 8. The number of hydroxylamine groups is 2. The van der Waals surface area contributed by atoms with Crippen molar-refractivity contribution < 1.29 is 9.83 Å². The number of nitrogens with zero attached hydrogens (tertiary/aromatic N) is 6. The van der Waals surface area contributed by atoms with Crippen molar-refractivity contribution in [2.45, 2.75) is 0 Å². The van der Waals surface area contributed by atoms with Gasteiger partial charge in [-0.25, -0.2) is 10.1 Å². The molecule has 0 saturated carbocycles. The molecule has 1 aromatic heterocycles. The molecule has 0 unspecified atom stereocenters. The molecule has 1 N–H and O–H groups in total. The van der Waals surface area contributed by atoms with E-state index >= 15 is 0 Å². The number of nitrogens with one attached hydrogen (secondary N) is 1. The third-order valence-electron chi connectivity index (χ3n) is 4.26. The predicted molar refractivity (Wildman–Crippen MR) is 94.7 cm³/mol. The predicted octanol–water partition coefficient (Wildman–Crippen LogP) is -0.0895. The number of carbonyl (C=O) groups is 1. The van der Waals surface area contributed by atoms with E-state index in [0.29, 0.717) is 39.3 Å². The first-order valence-corrected chi connectivity index (χ1v) is 9.06. The molecular formula is C13H19N7O4S. The minimum absolute atomic E-state index is 0.00519. The first-order valence-electron chi connectivity index (χ1n) is 7.91. The van der Waals surface area contributed by atoms with Crippen LogP contribution < -0.4 is 15.0 Å². The van der Waals surface area contributed by atoms with Gasteiger partial charge >= 0.3 is 0 Å². The molecule has 0 bridgehead atoms. The second-order valence-corrected chi connectivity index (χ2v) is 7.08. The molecule has 1 amide bonds. The zero-order valence-corrected chi connectivity index (χ0v) is 14.4. The second kappa shape index (κ2) is 7.37. The van der Waals surface area contributed by atoms with Crippen LogP contribution in [-0.2, 0) is 4.79 Å². The Morgan fingerprint density at radius 2 is 1.92 bits per heavy atom. The second-order valence-electron chi connectivity index (χ2n) is 5.86. The highest BCUT2D eigenvalue weighted by Gasteiger charge is 2.29. The summed E-state index contributed by atoms with van der Waals surface area (Å²) in [5, 5.41) is 23.1. The van der Waals surface area contributed by atoms with Crippen molar-refractivity contribution in [3.05, 3.63) is 21.4 Å². The summed E-state index contributed by atoms with van der Waals surface area (Å²) in [6.07, 6.45) is 0.789. The molecule has 2 aliphatic heterocycles. The largest absolute Gasteiger partial charge is 0.626 e. The number of quaternary nitrogens is 1. The molecule has 3 heterocycles. The van der Waals surface area contributed by atoms with E-state index in [-0.39, 0.29) is 17.6 Å². The average molecular weight is 369 g/mol. The van der Waals surface area contributed by atoms with E-state index in [9.17, 15) is 20.1 Å². The maximum atomic E-state index is 13.1. The van der Waals surface area contributed by atoms with E-state index in [1.165, 1.54) is 6.07 Å². The molecule has 3 rings (SSSR count). The van der Waals surface area contributed by atoms with Crippen molar-refractivity contribution in [2.24, 2.45) is 0 Å². The normalized spacial score (nSPS) is 20.2. The smallest absolute Gasteiger partial charge is 0.234 e. The highest BCUT2D eigenvalue weighted by molar-refractivity contribution is 7.99. The van der Waals surface area contributed by atoms with Crippen LogP contribution in [-0.4, -0.2) is 77.1 Å². The fourth-order valence-corrected chi connectivity index (χ4v) is 3.87. The number of aromatic nitrogens is 2. The summed E-state index contributed by atoms with van der Waals surface area (Å²) < 4.78 is -0.608. The van der Waals surface area contributed by atoms with Crippen LogP contribution in [0, 0.1) is 15.3 Å². The van der Waals surface area contributed by atoms with Crippen molar-refractivity contribution in [3.8, 4) is 0 Å². The molecule has 2 aliphatic rings. The Hall–Kier alpha value is -2.18. The summed E-state index contributed by atoms with van der Waals surface area (Å²) >= 11 is 1.71. The summed E-state index contributed by atoms with van der Waals surface area (Å²) in [6, 6.07) is 1.36. The van der Waals surface area contributed by atoms with E-state index in [4.69, 9.17) is 0 Å². The first kappa shape index (κ1) is 17.6. The van der Waals surface area contributed by atoms with E-state index < -0.39 is 9.68 Å². The van der Waals surface area contributed by atoms with Crippen LogP contribution in [0.15, 0.2) is 6.07 Å². The Balaban J connectivity index is 1.90. The number of nitro groups is 1. The number of hydrazine groups is 1. The minimum Gasteiger partial charge on any atom is -0.626 e. The van der Waals surface area contributed by atoms with Gasteiger partial charge in [-0.1, -0.05) is 5.43 Å². The fourth-order valence-electron chi connectivity index (χ4n) is 2.82. The third kappa shape index (κ3) is 4.08. The zero-order chi connectivity index (χ0) is 17.9. The summed E-state index contributed by atoms with van der Waals surface area (Å²) in [5.74, 6) is 1.94. The molecule has 2 saturated heterocycles. The van der Waals surface area contributed by atoms with Crippen LogP contribution in [0.1, 0.15) is 0 Å². The topological polar surface area (TPSA) is 128 Å². The van der Waals surface area contributed by atoms with Gasteiger partial charge in [0.25, 0.3) is 0 Å². The first-order chi connectivity index (χ1) is 12.0. The Morgan fingerprint density at radius 3 is 2.52 bits per heavy atom. The van der Waals surface area contributed by atoms with Gasteiger partial charge in [0.2, 0.25) is 24.0 Å². The lowest BCUT2D eigenvalue weighted by Gasteiger charge is -2.43. The lowest BCUT2D eigenvalue weighted by Crippen LogP contribution is -2.50. The zero-order valence-electron chi connectivity index (χ0n) is 13.5. The number of carbonyl (C=O) groups excluding carboxylic acids is 1. The molecular weight excluding hydrogens is 350 g/mol. The number of hydrogen-bond donors (Lipinski definition) is 1. The summed E-state index contributed by atoms with van der Waals surface area (Å²) in [7, 11) is 0. The standard InChI is InChI=1S/C13H19N7O4S/c21-10-17-1-3-18(4-2-17)13-14-11(16-19(22)23)9-12(15-13)20(24)5-7-25-8-6-20/h9-10H,1-8H2,(H,14,15,16). The molecule has 0 aliphatic carbocycles. The quantitative estimate of drug-likeness (QED) is 0.249. The lowest BCUT2D eigenvalue weighted by atomic mass is 10.3. The third-order valence-corrected chi connectivity index (χ3v) is 5.21. The van der Waals surface area contributed by atoms with Gasteiger partial charge in [-0.3, -0.25) is 4.79 Å². The minimum atomic E-state index is -0.707. The van der Waals surface area contributed by atoms with E-state index in [1.54, 1.807) is 16.7 Å². The molecule has 12 heteroatoms. The molecule has 136 valence electrons.